The molecule has 3 nitrogen and oxygen atoms in total. The van der Waals surface area contributed by atoms with Gasteiger partial charge < -0.3 is 9.30 Å². The summed E-state index contributed by atoms with van der Waals surface area (Å²) in [4.78, 5) is 5.59. The van der Waals surface area contributed by atoms with Crippen LogP contribution in [0.3, 0.4) is 0 Å². The van der Waals surface area contributed by atoms with Gasteiger partial charge in [0, 0.05) is 29.4 Å². The van der Waals surface area contributed by atoms with E-state index in [4.69, 9.17) is 16.3 Å². The quantitative estimate of drug-likeness (QED) is 0.517. The van der Waals surface area contributed by atoms with E-state index < -0.39 is 0 Å². The highest BCUT2D eigenvalue weighted by atomic mass is 35.5. The number of imidazole rings is 1. The lowest BCUT2D eigenvalue weighted by Gasteiger charge is -2.25. The van der Waals surface area contributed by atoms with Crippen molar-refractivity contribution in [2.24, 2.45) is 0 Å². The zero-order valence-corrected chi connectivity index (χ0v) is 17.3. The Morgan fingerprint density at radius 1 is 1.22 bits per heavy atom. The van der Waals surface area contributed by atoms with Crippen LogP contribution in [-0.2, 0) is 30.7 Å². The molecule has 2 aromatic heterocycles. The maximum absolute atomic E-state index is 6.55. The highest BCUT2D eigenvalue weighted by Gasteiger charge is 2.37. The molecule has 2 aliphatic rings. The van der Waals surface area contributed by atoms with E-state index in [9.17, 15) is 0 Å². The summed E-state index contributed by atoms with van der Waals surface area (Å²) < 4.78 is 9.54. The zero-order valence-electron chi connectivity index (χ0n) is 14.9. The van der Waals surface area contributed by atoms with E-state index in [-0.39, 0.29) is 6.10 Å². The fourth-order valence-corrected chi connectivity index (χ4v) is 6.51. The highest BCUT2D eigenvalue weighted by molar-refractivity contribution is 8.00. The van der Waals surface area contributed by atoms with E-state index in [0.717, 1.165) is 16.4 Å². The molecule has 2 unspecified atom stereocenters. The van der Waals surface area contributed by atoms with Crippen LogP contribution in [0.1, 0.15) is 41.2 Å². The van der Waals surface area contributed by atoms with Gasteiger partial charge in [0.15, 0.2) is 0 Å². The normalized spacial score (nSPS) is 21.2. The van der Waals surface area contributed by atoms with Crippen molar-refractivity contribution >= 4 is 34.7 Å². The molecule has 0 radical (unpaired) electrons. The van der Waals surface area contributed by atoms with Gasteiger partial charge in [-0.05, 0) is 59.9 Å². The zero-order chi connectivity index (χ0) is 18.2. The standard InChI is InChI=1S/C21H21ClN2OS2/c22-21-15(7-10-26-21)12-25-20-18(11-24-9-8-23-13-24)27-17-6-5-14-3-1-2-4-16(14)19(17)20/h5-10,13,18,20H,1-4,11-12H2. The number of halogens is 1. The van der Waals surface area contributed by atoms with E-state index in [0.29, 0.717) is 11.9 Å². The van der Waals surface area contributed by atoms with Crippen LogP contribution in [0.15, 0.2) is 47.2 Å². The topological polar surface area (TPSA) is 27.1 Å². The number of thioether (sulfide) groups is 1. The van der Waals surface area contributed by atoms with Gasteiger partial charge in [-0.1, -0.05) is 17.7 Å². The first-order valence-electron chi connectivity index (χ1n) is 9.40. The summed E-state index contributed by atoms with van der Waals surface area (Å²) in [5.41, 5.74) is 5.59. The maximum atomic E-state index is 6.55. The van der Waals surface area contributed by atoms with Crippen molar-refractivity contribution in [3.63, 3.8) is 0 Å². The number of rotatable bonds is 5. The molecule has 0 amide bonds. The highest BCUT2D eigenvalue weighted by Crippen LogP contribution is 2.50. The molecule has 0 spiro atoms. The monoisotopic (exact) mass is 416 g/mol. The first-order chi connectivity index (χ1) is 13.3. The molecule has 0 N–H and O–H groups in total. The molecule has 1 aliphatic heterocycles. The van der Waals surface area contributed by atoms with Gasteiger partial charge in [0.1, 0.15) is 0 Å². The molecule has 0 saturated carbocycles. The maximum Gasteiger partial charge on any atom is 0.0983 e. The lowest BCUT2D eigenvalue weighted by molar-refractivity contribution is 0.0362. The number of benzene rings is 1. The lowest BCUT2D eigenvalue weighted by atomic mass is 9.86. The Bertz CT molecular complexity index is 938. The fraction of sp³-hybridized carbons (Fsp3) is 0.381. The van der Waals surface area contributed by atoms with E-state index in [1.54, 1.807) is 16.9 Å². The second kappa shape index (κ2) is 7.63. The molecule has 0 saturated heterocycles. The Morgan fingerprint density at radius 2 is 2.15 bits per heavy atom. The van der Waals surface area contributed by atoms with Crippen molar-refractivity contribution in [2.45, 2.75) is 55.1 Å². The van der Waals surface area contributed by atoms with Crippen LogP contribution in [0.2, 0.25) is 4.34 Å². The molecule has 2 atom stereocenters. The minimum atomic E-state index is 0.0939. The Balaban J connectivity index is 1.47. The minimum absolute atomic E-state index is 0.0939. The number of thiophene rings is 1. The van der Waals surface area contributed by atoms with Gasteiger partial charge in [-0.15, -0.1) is 23.1 Å². The lowest BCUT2D eigenvalue weighted by Crippen LogP contribution is -2.21. The number of ether oxygens (including phenoxy) is 1. The van der Waals surface area contributed by atoms with Crippen LogP contribution in [0, 0.1) is 0 Å². The number of aryl methyl sites for hydroxylation is 1. The number of fused-ring (bicyclic) bond motifs is 3. The number of aromatic nitrogens is 2. The van der Waals surface area contributed by atoms with Gasteiger partial charge in [0.05, 0.1) is 28.6 Å². The largest absolute Gasteiger partial charge is 0.367 e. The molecule has 1 aliphatic carbocycles. The summed E-state index contributed by atoms with van der Waals surface area (Å²) in [5.74, 6) is 0. The van der Waals surface area contributed by atoms with E-state index in [1.807, 2.05) is 35.9 Å². The Morgan fingerprint density at radius 3 is 2.96 bits per heavy atom. The number of hydrogen-bond acceptors (Lipinski definition) is 4. The van der Waals surface area contributed by atoms with Crippen molar-refractivity contribution in [2.75, 3.05) is 0 Å². The number of nitrogens with zero attached hydrogens (tertiary/aromatic N) is 2. The third kappa shape index (κ3) is 3.46. The van der Waals surface area contributed by atoms with Crippen molar-refractivity contribution in [1.82, 2.24) is 9.55 Å². The molecule has 1 aromatic carbocycles. The average Bonchev–Trinajstić information content (AvgIpc) is 3.41. The number of hydrogen-bond donors (Lipinski definition) is 0. The van der Waals surface area contributed by atoms with Gasteiger partial charge in [-0.25, -0.2) is 4.98 Å². The summed E-state index contributed by atoms with van der Waals surface area (Å²) >= 11 is 9.83. The van der Waals surface area contributed by atoms with E-state index >= 15 is 0 Å². The smallest absolute Gasteiger partial charge is 0.0983 e. The summed E-state index contributed by atoms with van der Waals surface area (Å²) in [6.45, 7) is 1.47. The van der Waals surface area contributed by atoms with Crippen LogP contribution < -0.4 is 0 Å². The minimum Gasteiger partial charge on any atom is -0.367 e. The average molecular weight is 417 g/mol. The van der Waals surface area contributed by atoms with Crippen LogP contribution >= 0.6 is 34.7 Å². The molecule has 3 heterocycles. The Kier molecular flexibility index (Phi) is 5.03. The predicted octanol–water partition coefficient (Wildman–Crippen LogP) is 5.91. The second-order valence-corrected chi connectivity index (χ2v) is 9.99. The molecular formula is C21H21ClN2OS2. The summed E-state index contributed by atoms with van der Waals surface area (Å²) in [6, 6.07) is 6.72. The van der Waals surface area contributed by atoms with Crippen LogP contribution in [-0.4, -0.2) is 14.8 Å². The Hall–Kier alpha value is -1.27. The van der Waals surface area contributed by atoms with Crippen molar-refractivity contribution in [1.29, 1.82) is 0 Å². The summed E-state index contributed by atoms with van der Waals surface area (Å²) in [7, 11) is 0. The van der Waals surface area contributed by atoms with Crippen molar-refractivity contribution in [3.05, 3.63) is 68.9 Å². The first kappa shape index (κ1) is 17.8. The molecule has 5 rings (SSSR count). The third-order valence-corrected chi connectivity index (χ3v) is 8.06. The van der Waals surface area contributed by atoms with Gasteiger partial charge in [-0.3, -0.25) is 0 Å². The molecule has 0 fully saturated rings. The van der Waals surface area contributed by atoms with Crippen LogP contribution in [0.25, 0.3) is 0 Å². The summed E-state index contributed by atoms with van der Waals surface area (Å²) in [5, 5.41) is 2.38. The predicted molar refractivity (Wildman–Crippen MR) is 112 cm³/mol. The van der Waals surface area contributed by atoms with Crippen molar-refractivity contribution in [3.8, 4) is 0 Å². The molecule has 0 bridgehead atoms. The molecule has 140 valence electrons. The van der Waals surface area contributed by atoms with E-state index in [1.165, 1.54) is 41.7 Å². The van der Waals surface area contributed by atoms with Crippen molar-refractivity contribution < 1.29 is 4.74 Å². The molecule has 27 heavy (non-hydrogen) atoms. The second-order valence-electron chi connectivity index (χ2n) is 7.19. The van der Waals surface area contributed by atoms with Gasteiger partial charge >= 0.3 is 0 Å². The fourth-order valence-electron chi connectivity index (χ4n) is 4.19. The van der Waals surface area contributed by atoms with E-state index in [2.05, 4.69) is 27.8 Å². The molecular weight excluding hydrogens is 396 g/mol. The molecule has 6 heteroatoms. The van der Waals surface area contributed by atoms with Crippen LogP contribution in [0.4, 0.5) is 0 Å². The first-order valence-corrected chi connectivity index (χ1v) is 11.5. The Labute approximate surface area is 172 Å². The SMILES string of the molecule is Clc1sccc1COC1c2c(ccc3c2CCCC3)SC1Cn1ccnc1. The van der Waals surface area contributed by atoms with Crippen LogP contribution in [0.5, 0.6) is 0 Å². The van der Waals surface area contributed by atoms with Gasteiger partial charge in [0.25, 0.3) is 0 Å². The summed E-state index contributed by atoms with van der Waals surface area (Å²) in [6.07, 6.45) is 10.8. The third-order valence-electron chi connectivity index (χ3n) is 5.50. The van der Waals surface area contributed by atoms with Gasteiger partial charge in [0.2, 0.25) is 0 Å². The van der Waals surface area contributed by atoms with Gasteiger partial charge in [-0.2, -0.15) is 0 Å². The molecule has 3 aromatic rings.